The number of aromatic nitrogens is 1. The van der Waals surface area contributed by atoms with Crippen LogP contribution < -0.4 is 5.73 Å². The molecule has 3 heteroatoms. The van der Waals surface area contributed by atoms with E-state index in [-0.39, 0.29) is 5.54 Å². The molecule has 0 fully saturated rings. The fourth-order valence-corrected chi connectivity index (χ4v) is 3.36. The molecule has 1 aliphatic carbocycles. The summed E-state index contributed by atoms with van der Waals surface area (Å²) in [5.74, 6) is 0. The molecule has 0 spiro atoms. The smallest absolute Gasteiger partial charge is 0.0692 e. The highest BCUT2D eigenvalue weighted by molar-refractivity contribution is 7.05. The maximum atomic E-state index is 6.60. The molecule has 1 aliphatic rings. The first kappa shape index (κ1) is 10.00. The van der Waals surface area contributed by atoms with E-state index < -0.39 is 0 Å². The molecule has 0 bridgehead atoms. The Morgan fingerprint density at radius 2 is 2.06 bits per heavy atom. The van der Waals surface area contributed by atoms with Crippen LogP contribution in [0, 0.1) is 0 Å². The maximum Gasteiger partial charge on any atom is 0.0692 e. The zero-order valence-electron chi connectivity index (χ0n) is 9.02. The van der Waals surface area contributed by atoms with E-state index in [1.165, 1.54) is 16.0 Å². The molecular formula is C13H14N2S. The monoisotopic (exact) mass is 230 g/mol. The van der Waals surface area contributed by atoms with E-state index in [1.54, 1.807) is 11.5 Å². The molecule has 2 aromatic rings. The highest BCUT2D eigenvalue weighted by Gasteiger charge is 2.35. The summed E-state index contributed by atoms with van der Waals surface area (Å²) >= 11 is 1.59. The summed E-state index contributed by atoms with van der Waals surface area (Å²) in [5.41, 5.74) is 8.72. The van der Waals surface area contributed by atoms with Gasteiger partial charge in [0.05, 0.1) is 5.54 Å². The van der Waals surface area contributed by atoms with Crippen molar-refractivity contribution in [2.24, 2.45) is 5.73 Å². The second-order valence-electron chi connectivity index (χ2n) is 4.35. The normalized spacial score (nSPS) is 24.1. The van der Waals surface area contributed by atoms with Gasteiger partial charge >= 0.3 is 0 Å². The van der Waals surface area contributed by atoms with Gasteiger partial charge in [-0.3, -0.25) is 0 Å². The lowest BCUT2D eigenvalue weighted by atomic mass is 9.76. The molecule has 0 radical (unpaired) electrons. The summed E-state index contributed by atoms with van der Waals surface area (Å²) in [5, 5.41) is 0. The third-order valence-electron chi connectivity index (χ3n) is 3.39. The lowest BCUT2D eigenvalue weighted by molar-refractivity contribution is 0.447. The van der Waals surface area contributed by atoms with Crippen LogP contribution in [0.25, 0.3) is 0 Å². The summed E-state index contributed by atoms with van der Waals surface area (Å²) < 4.78 is 4.29. The van der Waals surface area contributed by atoms with Gasteiger partial charge in [-0.15, -0.1) is 0 Å². The number of rotatable bonds is 1. The minimum atomic E-state index is -0.318. The molecule has 2 nitrogen and oxygen atoms in total. The second kappa shape index (κ2) is 3.68. The van der Waals surface area contributed by atoms with Gasteiger partial charge in [-0.25, -0.2) is 4.37 Å². The maximum absolute atomic E-state index is 6.60. The van der Waals surface area contributed by atoms with E-state index in [2.05, 4.69) is 28.6 Å². The van der Waals surface area contributed by atoms with Crippen molar-refractivity contribution in [1.29, 1.82) is 0 Å². The number of nitrogens with zero attached hydrogens (tertiary/aromatic N) is 1. The van der Waals surface area contributed by atoms with E-state index in [0.717, 1.165) is 19.3 Å². The van der Waals surface area contributed by atoms with Crippen LogP contribution in [0.4, 0.5) is 0 Å². The fourth-order valence-electron chi connectivity index (χ4n) is 2.51. The van der Waals surface area contributed by atoms with Crippen molar-refractivity contribution in [2.45, 2.75) is 24.8 Å². The van der Waals surface area contributed by atoms with Gasteiger partial charge in [-0.2, -0.15) is 0 Å². The first-order chi connectivity index (χ1) is 7.81. The van der Waals surface area contributed by atoms with Crippen LogP contribution in [0.2, 0.25) is 0 Å². The van der Waals surface area contributed by atoms with Crippen molar-refractivity contribution >= 4 is 11.5 Å². The molecular weight excluding hydrogens is 216 g/mol. The Balaban J connectivity index is 2.14. The van der Waals surface area contributed by atoms with Gasteiger partial charge in [0, 0.05) is 16.6 Å². The van der Waals surface area contributed by atoms with E-state index in [1.807, 2.05) is 12.3 Å². The molecule has 1 aromatic carbocycles. The SMILES string of the molecule is NC1(c2ccccc2)CCCc2sncc21. The fraction of sp³-hybridized carbons (Fsp3) is 0.308. The van der Waals surface area contributed by atoms with Crippen molar-refractivity contribution in [3.05, 3.63) is 52.5 Å². The molecule has 1 atom stereocenters. The third-order valence-corrected chi connectivity index (χ3v) is 4.24. The van der Waals surface area contributed by atoms with Crippen molar-refractivity contribution in [3.63, 3.8) is 0 Å². The van der Waals surface area contributed by atoms with Crippen LogP contribution in [-0.4, -0.2) is 4.37 Å². The van der Waals surface area contributed by atoms with Crippen LogP contribution in [0.1, 0.15) is 28.8 Å². The number of aryl methyl sites for hydroxylation is 1. The third kappa shape index (κ3) is 1.39. The molecule has 0 amide bonds. The van der Waals surface area contributed by atoms with Gasteiger partial charge in [0.2, 0.25) is 0 Å². The quantitative estimate of drug-likeness (QED) is 0.818. The number of fused-ring (bicyclic) bond motifs is 1. The molecule has 0 saturated carbocycles. The Bertz CT molecular complexity index is 492. The van der Waals surface area contributed by atoms with Gasteiger partial charge in [0.25, 0.3) is 0 Å². The Hall–Kier alpha value is -1.19. The van der Waals surface area contributed by atoms with Gasteiger partial charge in [-0.05, 0) is 36.4 Å². The summed E-state index contributed by atoms with van der Waals surface area (Å²) in [7, 11) is 0. The molecule has 1 unspecified atom stereocenters. The lowest BCUT2D eigenvalue weighted by Gasteiger charge is -2.33. The number of hydrogen-bond acceptors (Lipinski definition) is 3. The Labute approximate surface area is 99.3 Å². The Morgan fingerprint density at radius 1 is 1.25 bits per heavy atom. The molecule has 0 aliphatic heterocycles. The van der Waals surface area contributed by atoms with E-state index in [4.69, 9.17) is 5.73 Å². The Kier molecular flexibility index (Phi) is 2.30. The average Bonchev–Trinajstić information content (AvgIpc) is 2.80. The first-order valence-electron chi connectivity index (χ1n) is 5.59. The highest BCUT2D eigenvalue weighted by atomic mass is 32.1. The van der Waals surface area contributed by atoms with Gasteiger partial charge < -0.3 is 5.73 Å². The lowest BCUT2D eigenvalue weighted by Crippen LogP contribution is -2.40. The molecule has 1 heterocycles. The predicted molar refractivity (Wildman–Crippen MR) is 66.5 cm³/mol. The predicted octanol–water partition coefficient (Wildman–Crippen LogP) is 2.68. The number of nitrogens with two attached hydrogens (primary N) is 1. The molecule has 3 rings (SSSR count). The number of benzene rings is 1. The largest absolute Gasteiger partial charge is 0.318 e. The van der Waals surface area contributed by atoms with E-state index in [0.29, 0.717) is 0 Å². The van der Waals surface area contributed by atoms with Crippen molar-refractivity contribution in [3.8, 4) is 0 Å². The van der Waals surface area contributed by atoms with E-state index in [9.17, 15) is 0 Å². The second-order valence-corrected chi connectivity index (χ2v) is 5.24. The van der Waals surface area contributed by atoms with E-state index >= 15 is 0 Å². The molecule has 0 saturated heterocycles. The van der Waals surface area contributed by atoms with Crippen molar-refractivity contribution < 1.29 is 0 Å². The minimum Gasteiger partial charge on any atom is -0.318 e. The minimum absolute atomic E-state index is 0.318. The molecule has 82 valence electrons. The summed E-state index contributed by atoms with van der Waals surface area (Å²) in [6, 6.07) is 10.4. The zero-order valence-corrected chi connectivity index (χ0v) is 9.83. The van der Waals surface area contributed by atoms with Crippen LogP contribution in [-0.2, 0) is 12.0 Å². The summed E-state index contributed by atoms with van der Waals surface area (Å²) in [6.45, 7) is 0. The zero-order chi connectivity index (χ0) is 11.0. The van der Waals surface area contributed by atoms with Gasteiger partial charge in [0.15, 0.2) is 0 Å². The summed E-state index contributed by atoms with van der Waals surface area (Å²) in [4.78, 5) is 1.36. The highest BCUT2D eigenvalue weighted by Crippen LogP contribution is 2.39. The van der Waals surface area contributed by atoms with Crippen molar-refractivity contribution in [2.75, 3.05) is 0 Å². The van der Waals surface area contributed by atoms with Crippen LogP contribution in [0.5, 0.6) is 0 Å². The molecule has 16 heavy (non-hydrogen) atoms. The van der Waals surface area contributed by atoms with Crippen molar-refractivity contribution in [1.82, 2.24) is 4.37 Å². The van der Waals surface area contributed by atoms with Crippen LogP contribution in [0.3, 0.4) is 0 Å². The molecule has 1 aromatic heterocycles. The summed E-state index contributed by atoms with van der Waals surface area (Å²) in [6.07, 6.45) is 5.25. The van der Waals surface area contributed by atoms with Gasteiger partial charge in [0.1, 0.15) is 0 Å². The number of hydrogen-bond donors (Lipinski definition) is 1. The standard InChI is InChI=1S/C13H14N2S/c14-13(10-5-2-1-3-6-10)8-4-7-12-11(13)9-15-16-12/h1-3,5-6,9H,4,7-8,14H2. The topological polar surface area (TPSA) is 38.9 Å². The van der Waals surface area contributed by atoms with Crippen LogP contribution in [0.15, 0.2) is 36.5 Å². The first-order valence-corrected chi connectivity index (χ1v) is 6.36. The molecule has 2 N–H and O–H groups in total. The van der Waals surface area contributed by atoms with Crippen LogP contribution >= 0.6 is 11.5 Å². The van der Waals surface area contributed by atoms with Gasteiger partial charge in [-0.1, -0.05) is 30.3 Å². The average molecular weight is 230 g/mol. The Morgan fingerprint density at radius 3 is 2.88 bits per heavy atom.